The zero-order chi connectivity index (χ0) is 16.4. The van der Waals surface area contributed by atoms with Crippen LogP contribution in [-0.2, 0) is 9.59 Å². The lowest BCUT2D eigenvalue weighted by Gasteiger charge is -2.33. The maximum atomic E-state index is 12.3. The van der Waals surface area contributed by atoms with Gasteiger partial charge in [0.15, 0.2) is 6.10 Å². The Morgan fingerprint density at radius 2 is 2.14 bits per heavy atom. The van der Waals surface area contributed by atoms with E-state index in [0.717, 1.165) is 5.57 Å². The molecule has 0 aromatic heterocycles. The van der Waals surface area contributed by atoms with Crippen LogP contribution in [0.4, 0.5) is 11.4 Å². The molecule has 1 unspecified atom stereocenters. The number of fused-ring (bicyclic) bond motifs is 1. The van der Waals surface area contributed by atoms with E-state index in [9.17, 15) is 9.59 Å². The van der Waals surface area contributed by atoms with E-state index < -0.39 is 6.10 Å². The molecule has 1 atom stereocenters. The third-order valence-corrected chi connectivity index (χ3v) is 3.39. The van der Waals surface area contributed by atoms with Crippen LogP contribution in [0.5, 0.6) is 5.75 Å². The summed E-state index contributed by atoms with van der Waals surface area (Å²) in [6, 6.07) is 5.32. The molecule has 1 aromatic carbocycles. The smallest absolute Gasteiger partial charge is 0.268 e. The highest BCUT2D eigenvalue weighted by Gasteiger charge is 2.31. The summed E-state index contributed by atoms with van der Waals surface area (Å²) in [7, 11) is 0. The predicted octanol–water partition coefficient (Wildman–Crippen LogP) is 2.97. The zero-order valence-electron chi connectivity index (χ0n) is 13.5. The maximum Gasteiger partial charge on any atom is 0.268 e. The van der Waals surface area contributed by atoms with Gasteiger partial charge in [-0.1, -0.05) is 26.0 Å². The Kier molecular flexibility index (Phi) is 4.54. The number of ether oxygens (including phenoxy) is 1. The number of amides is 2. The summed E-state index contributed by atoms with van der Waals surface area (Å²) in [5.74, 6) is 0.349. The number of carbonyl (C=O) groups excluding carboxylic acids is 2. The molecule has 118 valence electrons. The van der Waals surface area contributed by atoms with Crippen molar-refractivity contribution in [3.8, 4) is 5.75 Å². The topological polar surface area (TPSA) is 58.6 Å². The third-order valence-electron chi connectivity index (χ3n) is 3.39. The van der Waals surface area contributed by atoms with Crippen molar-refractivity contribution in [1.82, 2.24) is 0 Å². The minimum absolute atomic E-state index is 0.0668. The summed E-state index contributed by atoms with van der Waals surface area (Å²) in [5.41, 5.74) is 2.19. The van der Waals surface area contributed by atoms with E-state index in [-0.39, 0.29) is 17.7 Å². The molecule has 5 nitrogen and oxygen atoms in total. The molecule has 0 aliphatic carbocycles. The molecule has 1 aliphatic heterocycles. The van der Waals surface area contributed by atoms with Crippen LogP contribution in [0.3, 0.4) is 0 Å². The molecule has 2 rings (SSSR count). The molecule has 1 heterocycles. The van der Waals surface area contributed by atoms with Crippen LogP contribution in [0, 0.1) is 5.92 Å². The molecular weight excluding hydrogens is 280 g/mol. The average molecular weight is 302 g/mol. The molecule has 5 heteroatoms. The number of carbonyl (C=O) groups is 2. The maximum absolute atomic E-state index is 12.3. The Morgan fingerprint density at radius 3 is 2.73 bits per heavy atom. The first-order chi connectivity index (χ1) is 10.3. The number of hydrogen-bond acceptors (Lipinski definition) is 3. The van der Waals surface area contributed by atoms with Crippen molar-refractivity contribution >= 4 is 23.2 Å². The normalized spacial score (nSPS) is 17.0. The summed E-state index contributed by atoms with van der Waals surface area (Å²) < 4.78 is 5.63. The fourth-order valence-corrected chi connectivity index (χ4v) is 2.20. The second-order valence-electron chi connectivity index (χ2n) is 5.97. The molecule has 0 bridgehead atoms. The molecule has 0 saturated carbocycles. The summed E-state index contributed by atoms with van der Waals surface area (Å²) in [6.07, 6.45) is -0.525. The van der Waals surface area contributed by atoms with Gasteiger partial charge in [-0.05, 0) is 32.0 Å². The van der Waals surface area contributed by atoms with Gasteiger partial charge < -0.3 is 15.0 Å². The Bertz CT molecular complexity index is 622. The van der Waals surface area contributed by atoms with E-state index in [0.29, 0.717) is 23.7 Å². The van der Waals surface area contributed by atoms with E-state index in [1.807, 2.05) is 20.8 Å². The molecule has 0 fully saturated rings. The van der Waals surface area contributed by atoms with Crippen molar-refractivity contribution in [3.05, 3.63) is 30.4 Å². The van der Waals surface area contributed by atoms with Gasteiger partial charge in [0.1, 0.15) is 5.75 Å². The Labute approximate surface area is 130 Å². The highest BCUT2D eigenvalue weighted by Crippen LogP contribution is 2.36. The predicted molar refractivity (Wildman–Crippen MR) is 87.2 cm³/mol. The highest BCUT2D eigenvalue weighted by molar-refractivity contribution is 6.01. The summed E-state index contributed by atoms with van der Waals surface area (Å²) in [6.45, 7) is 11.6. The minimum Gasteiger partial charge on any atom is -0.479 e. The third kappa shape index (κ3) is 3.30. The van der Waals surface area contributed by atoms with Crippen molar-refractivity contribution in [1.29, 1.82) is 0 Å². The molecule has 0 saturated heterocycles. The van der Waals surface area contributed by atoms with E-state index in [1.54, 1.807) is 30.0 Å². The van der Waals surface area contributed by atoms with Crippen LogP contribution >= 0.6 is 0 Å². The second-order valence-corrected chi connectivity index (χ2v) is 5.97. The lowest BCUT2D eigenvalue weighted by Crippen LogP contribution is -2.45. The summed E-state index contributed by atoms with van der Waals surface area (Å²) in [5, 5.41) is 2.84. The van der Waals surface area contributed by atoms with Crippen molar-refractivity contribution in [2.45, 2.75) is 33.8 Å². The number of hydrogen-bond donors (Lipinski definition) is 1. The molecule has 1 aromatic rings. The van der Waals surface area contributed by atoms with Gasteiger partial charge in [-0.15, -0.1) is 0 Å². The summed E-state index contributed by atoms with van der Waals surface area (Å²) in [4.78, 5) is 25.8. The Morgan fingerprint density at radius 1 is 1.45 bits per heavy atom. The van der Waals surface area contributed by atoms with Gasteiger partial charge in [-0.25, -0.2) is 0 Å². The first-order valence-corrected chi connectivity index (χ1v) is 7.37. The van der Waals surface area contributed by atoms with Gasteiger partial charge in [0, 0.05) is 18.2 Å². The second kappa shape index (κ2) is 6.22. The molecule has 2 amide bonds. The standard InChI is InChI=1S/C17H22N2O3/c1-10(2)9-19-14-8-13(18-16(20)11(3)4)6-7-15(14)22-12(5)17(19)21/h6-8,11-12H,1,9H2,2-5H3,(H,18,20). The van der Waals surface area contributed by atoms with Crippen molar-refractivity contribution < 1.29 is 14.3 Å². The minimum atomic E-state index is -0.525. The number of nitrogens with one attached hydrogen (secondary N) is 1. The van der Waals surface area contributed by atoms with Gasteiger partial charge in [-0.3, -0.25) is 9.59 Å². The SMILES string of the molecule is C=C(C)CN1C(=O)C(C)Oc2ccc(NC(=O)C(C)C)cc21. The largest absolute Gasteiger partial charge is 0.479 e. The van der Waals surface area contributed by atoms with Crippen molar-refractivity contribution in [2.75, 3.05) is 16.8 Å². The first kappa shape index (κ1) is 16.1. The van der Waals surface area contributed by atoms with Crippen LogP contribution < -0.4 is 15.0 Å². The monoisotopic (exact) mass is 302 g/mol. The van der Waals surface area contributed by atoms with E-state index in [1.165, 1.54) is 0 Å². The zero-order valence-corrected chi connectivity index (χ0v) is 13.5. The van der Waals surface area contributed by atoms with Gasteiger partial charge in [0.05, 0.1) is 5.69 Å². The summed E-state index contributed by atoms with van der Waals surface area (Å²) >= 11 is 0. The average Bonchev–Trinajstić information content (AvgIpc) is 2.44. The number of nitrogens with zero attached hydrogens (tertiary/aromatic N) is 1. The quantitative estimate of drug-likeness (QED) is 0.870. The highest BCUT2D eigenvalue weighted by atomic mass is 16.5. The molecule has 0 radical (unpaired) electrons. The first-order valence-electron chi connectivity index (χ1n) is 7.37. The Hall–Kier alpha value is -2.30. The lowest BCUT2D eigenvalue weighted by atomic mass is 10.1. The number of anilines is 2. The lowest BCUT2D eigenvalue weighted by molar-refractivity contribution is -0.125. The van der Waals surface area contributed by atoms with Crippen molar-refractivity contribution in [3.63, 3.8) is 0 Å². The molecule has 0 spiro atoms. The van der Waals surface area contributed by atoms with Crippen LogP contribution in [0.1, 0.15) is 27.7 Å². The van der Waals surface area contributed by atoms with Gasteiger partial charge in [0.2, 0.25) is 5.91 Å². The van der Waals surface area contributed by atoms with E-state index in [4.69, 9.17) is 4.74 Å². The van der Waals surface area contributed by atoms with Crippen LogP contribution in [0.25, 0.3) is 0 Å². The van der Waals surface area contributed by atoms with Gasteiger partial charge in [-0.2, -0.15) is 0 Å². The fraction of sp³-hybridized carbons (Fsp3) is 0.412. The molecule has 22 heavy (non-hydrogen) atoms. The Balaban J connectivity index is 2.36. The van der Waals surface area contributed by atoms with Crippen LogP contribution in [0.2, 0.25) is 0 Å². The number of rotatable bonds is 4. The molecular formula is C17H22N2O3. The molecule has 1 aliphatic rings. The van der Waals surface area contributed by atoms with Gasteiger partial charge in [0.25, 0.3) is 5.91 Å². The molecule has 1 N–H and O–H groups in total. The van der Waals surface area contributed by atoms with E-state index >= 15 is 0 Å². The van der Waals surface area contributed by atoms with E-state index in [2.05, 4.69) is 11.9 Å². The van der Waals surface area contributed by atoms with Gasteiger partial charge >= 0.3 is 0 Å². The fourth-order valence-electron chi connectivity index (χ4n) is 2.20. The van der Waals surface area contributed by atoms with Crippen LogP contribution in [0.15, 0.2) is 30.4 Å². The van der Waals surface area contributed by atoms with Crippen LogP contribution in [-0.4, -0.2) is 24.5 Å². The number of benzene rings is 1. The van der Waals surface area contributed by atoms with Crippen molar-refractivity contribution in [2.24, 2.45) is 5.92 Å².